The fourth-order valence-electron chi connectivity index (χ4n) is 1.72. The van der Waals surface area contributed by atoms with Crippen LogP contribution in [0.15, 0.2) is 6.33 Å². The Hall–Kier alpha value is -0.880. The molecule has 7 heteroatoms. The highest BCUT2D eigenvalue weighted by Gasteiger charge is 2.32. The second-order valence-corrected chi connectivity index (χ2v) is 4.63. The lowest BCUT2D eigenvalue weighted by atomic mass is 10.2. The van der Waals surface area contributed by atoms with E-state index in [9.17, 15) is 4.79 Å². The molecule has 2 rings (SSSR count). The van der Waals surface area contributed by atoms with E-state index in [1.807, 2.05) is 0 Å². The van der Waals surface area contributed by atoms with E-state index in [0.29, 0.717) is 18.7 Å². The molecular formula is C9H10BrClN4O. The van der Waals surface area contributed by atoms with Gasteiger partial charge in [-0.15, -0.1) is 0 Å². The fraction of sp³-hybridized carbons (Fsp3) is 0.444. The number of nitrogens with two attached hydrogens (primary N) is 1. The molecular weight excluding hydrogens is 295 g/mol. The molecule has 2 heterocycles. The summed E-state index contributed by atoms with van der Waals surface area (Å²) in [6, 6.07) is 0. The van der Waals surface area contributed by atoms with Gasteiger partial charge in [0.1, 0.15) is 12.0 Å². The standard InChI is InChI=1S/C9H10BrClN4O/c10-2-5-1-6(16)15(3-5)7-8(11)13-4-14-9(7)12/h4-5H,1-3H2,(H2,12,13,14). The summed E-state index contributed by atoms with van der Waals surface area (Å²) in [7, 11) is 0. The van der Waals surface area contributed by atoms with Crippen LogP contribution in [0.4, 0.5) is 11.5 Å². The minimum Gasteiger partial charge on any atom is -0.382 e. The normalized spacial score (nSPS) is 20.5. The van der Waals surface area contributed by atoms with Crippen LogP contribution in [0, 0.1) is 5.92 Å². The highest BCUT2D eigenvalue weighted by atomic mass is 79.9. The Morgan fingerprint density at radius 3 is 2.94 bits per heavy atom. The predicted molar refractivity (Wildman–Crippen MR) is 65.7 cm³/mol. The van der Waals surface area contributed by atoms with Crippen LogP contribution < -0.4 is 10.6 Å². The maximum atomic E-state index is 11.8. The van der Waals surface area contributed by atoms with Gasteiger partial charge in [0.2, 0.25) is 5.91 Å². The van der Waals surface area contributed by atoms with E-state index < -0.39 is 0 Å². The number of nitrogen functional groups attached to an aromatic ring is 1. The van der Waals surface area contributed by atoms with Crippen molar-refractivity contribution in [1.29, 1.82) is 0 Å². The molecule has 86 valence electrons. The lowest BCUT2D eigenvalue weighted by Crippen LogP contribution is -2.26. The van der Waals surface area contributed by atoms with E-state index in [-0.39, 0.29) is 22.8 Å². The Morgan fingerprint density at radius 1 is 1.62 bits per heavy atom. The molecule has 0 aliphatic carbocycles. The van der Waals surface area contributed by atoms with Crippen molar-refractivity contribution in [3.8, 4) is 0 Å². The summed E-state index contributed by atoms with van der Waals surface area (Å²) in [5.41, 5.74) is 6.14. The Kier molecular flexibility index (Phi) is 3.30. The van der Waals surface area contributed by atoms with E-state index in [0.717, 1.165) is 5.33 Å². The first-order valence-corrected chi connectivity index (χ1v) is 6.25. The molecule has 0 saturated carbocycles. The highest BCUT2D eigenvalue weighted by Crippen LogP contribution is 2.33. The van der Waals surface area contributed by atoms with Crippen molar-refractivity contribution in [2.45, 2.75) is 6.42 Å². The fourth-order valence-corrected chi connectivity index (χ4v) is 2.40. The molecule has 1 unspecified atom stereocenters. The number of carbonyl (C=O) groups excluding carboxylic acids is 1. The monoisotopic (exact) mass is 304 g/mol. The zero-order valence-electron chi connectivity index (χ0n) is 8.36. The lowest BCUT2D eigenvalue weighted by molar-refractivity contribution is -0.117. The van der Waals surface area contributed by atoms with Crippen LogP contribution in [0.1, 0.15) is 6.42 Å². The minimum atomic E-state index is 0.00727. The summed E-state index contributed by atoms with van der Waals surface area (Å²) in [4.78, 5) is 21.0. The molecule has 1 aliphatic rings. The molecule has 1 aliphatic heterocycles. The molecule has 1 fully saturated rings. The van der Waals surface area contributed by atoms with Gasteiger partial charge in [0.15, 0.2) is 11.0 Å². The number of rotatable bonds is 2. The molecule has 1 atom stereocenters. The number of halogens is 2. The molecule has 1 amide bonds. The molecule has 5 nitrogen and oxygen atoms in total. The summed E-state index contributed by atoms with van der Waals surface area (Å²) in [6.07, 6.45) is 1.78. The van der Waals surface area contributed by atoms with E-state index in [2.05, 4.69) is 25.9 Å². The smallest absolute Gasteiger partial charge is 0.227 e. The Bertz CT molecular complexity index is 408. The number of aromatic nitrogens is 2. The maximum Gasteiger partial charge on any atom is 0.227 e. The van der Waals surface area contributed by atoms with Crippen LogP contribution in [0.5, 0.6) is 0 Å². The third-order valence-corrected chi connectivity index (χ3v) is 3.69. The molecule has 1 saturated heterocycles. The van der Waals surface area contributed by atoms with Crippen LogP contribution in [-0.2, 0) is 4.79 Å². The van der Waals surface area contributed by atoms with Gasteiger partial charge in [0, 0.05) is 18.3 Å². The summed E-state index contributed by atoms with van der Waals surface area (Å²) >= 11 is 9.30. The highest BCUT2D eigenvalue weighted by molar-refractivity contribution is 9.09. The van der Waals surface area contributed by atoms with Gasteiger partial charge in [-0.05, 0) is 5.92 Å². The van der Waals surface area contributed by atoms with E-state index >= 15 is 0 Å². The van der Waals surface area contributed by atoms with Gasteiger partial charge < -0.3 is 10.6 Å². The van der Waals surface area contributed by atoms with Crippen molar-refractivity contribution in [3.05, 3.63) is 11.5 Å². The van der Waals surface area contributed by atoms with Gasteiger partial charge in [0.05, 0.1) is 0 Å². The molecule has 0 aromatic carbocycles. The van der Waals surface area contributed by atoms with E-state index in [1.54, 1.807) is 4.90 Å². The van der Waals surface area contributed by atoms with Gasteiger partial charge in [0.25, 0.3) is 0 Å². The SMILES string of the molecule is Nc1ncnc(Cl)c1N1CC(CBr)CC1=O. The van der Waals surface area contributed by atoms with Gasteiger partial charge in [-0.3, -0.25) is 4.79 Å². The number of amides is 1. The zero-order valence-corrected chi connectivity index (χ0v) is 10.7. The number of nitrogens with zero attached hydrogens (tertiary/aromatic N) is 3. The van der Waals surface area contributed by atoms with Crippen molar-refractivity contribution in [2.75, 3.05) is 22.5 Å². The molecule has 2 N–H and O–H groups in total. The average molecular weight is 306 g/mol. The second kappa shape index (κ2) is 4.55. The van der Waals surface area contributed by atoms with Crippen molar-refractivity contribution in [2.24, 2.45) is 5.92 Å². The summed E-state index contributed by atoms with van der Waals surface area (Å²) in [5, 5.41) is 0.997. The Morgan fingerprint density at radius 2 is 2.38 bits per heavy atom. The predicted octanol–water partition coefficient (Wildman–Crippen LogP) is 1.46. The first kappa shape index (κ1) is 11.6. The van der Waals surface area contributed by atoms with Crippen LogP contribution >= 0.6 is 27.5 Å². The molecule has 0 bridgehead atoms. The maximum absolute atomic E-state index is 11.8. The van der Waals surface area contributed by atoms with Crippen LogP contribution in [0.25, 0.3) is 0 Å². The first-order valence-electron chi connectivity index (χ1n) is 4.75. The van der Waals surface area contributed by atoms with Crippen LogP contribution in [-0.4, -0.2) is 27.7 Å². The van der Waals surface area contributed by atoms with Gasteiger partial charge in [-0.2, -0.15) is 0 Å². The second-order valence-electron chi connectivity index (χ2n) is 3.63. The van der Waals surface area contributed by atoms with Crippen LogP contribution in [0.3, 0.4) is 0 Å². The summed E-state index contributed by atoms with van der Waals surface area (Å²) in [6.45, 7) is 0.599. The van der Waals surface area contributed by atoms with Gasteiger partial charge >= 0.3 is 0 Å². The lowest BCUT2D eigenvalue weighted by Gasteiger charge is -2.18. The van der Waals surface area contributed by atoms with Crippen LogP contribution in [0.2, 0.25) is 5.15 Å². The zero-order chi connectivity index (χ0) is 11.7. The molecule has 0 radical (unpaired) electrons. The number of carbonyl (C=O) groups is 1. The van der Waals surface area contributed by atoms with Crippen molar-refractivity contribution >= 4 is 44.9 Å². The third-order valence-electron chi connectivity index (χ3n) is 2.50. The van der Waals surface area contributed by atoms with E-state index in [1.165, 1.54) is 6.33 Å². The van der Waals surface area contributed by atoms with Gasteiger partial charge in [-0.1, -0.05) is 27.5 Å². The quantitative estimate of drug-likeness (QED) is 0.663. The minimum absolute atomic E-state index is 0.00727. The largest absolute Gasteiger partial charge is 0.382 e. The first-order chi connectivity index (χ1) is 7.63. The summed E-state index contributed by atoms with van der Waals surface area (Å²) < 4.78 is 0. The van der Waals surface area contributed by atoms with Crippen molar-refractivity contribution in [3.63, 3.8) is 0 Å². The molecule has 1 aromatic heterocycles. The van der Waals surface area contributed by atoms with E-state index in [4.69, 9.17) is 17.3 Å². The Labute approximate surface area is 106 Å². The topological polar surface area (TPSA) is 72.1 Å². The Balaban J connectivity index is 2.35. The third kappa shape index (κ3) is 1.99. The number of alkyl halides is 1. The van der Waals surface area contributed by atoms with Crippen molar-refractivity contribution < 1.29 is 4.79 Å². The molecule has 1 aromatic rings. The number of hydrogen-bond acceptors (Lipinski definition) is 4. The molecule has 16 heavy (non-hydrogen) atoms. The summed E-state index contributed by atoms with van der Waals surface area (Å²) in [5.74, 6) is 0.527. The molecule has 0 spiro atoms. The van der Waals surface area contributed by atoms with Gasteiger partial charge in [-0.25, -0.2) is 9.97 Å². The average Bonchev–Trinajstić information content (AvgIpc) is 2.60. The number of anilines is 2. The number of hydrogen-bond donors (Lipinski definition) is 1. The van der Waals surface area contributed by atoms with Crippen molar-refractivity contribution in [1.82, 2.24) is 9.97 Å².